The van der Waals surface area contributed by atoms with E-state index in [0.717, 1.165) is 25.7 Å². The molecule has 0 aromatic carbocycles. The van der Waals surface area contributed by atoms with Gasteiger partial charge in [-0.15, -0.1) is 0 Å². The number of aliphatic hydroxyl groups is 1. The van der Waals surface area contributed by atoms with Crippen molar-refractivity contribution in [1.29, 1.82) is 0 Å². The number of carbonyl (C=O) groups is 1. The van der Waals surface area contributed by atoms with E-state index in [9.17, 15) is 4.79 Å². The lowest BCUT2D eigenvalue weighted by molar-refractivity contribution is -0.125. The van der Waals surface area contributed by atoms with Gasteiger partial charge in [0.05, 0.1) is 13.2 Å². The summed E-state index contributed by atoms with van der Waals surface area (Å²) in [6.07, 6.45) is 4.86. The number of Topliss-reactive ketones (excluding diaryl/α,β-unsaturated/α-hetero) is 1. The normalized spacial score (nSPS) is 23.5. The van der Waals surface area contributed by atoms with Gasteiger partial charge in [-0.25, -0.2) is 0 Å². The second-order valence-electron chi connectivity index (χ2n) is 3.53. The molecule has 3 nitrogen and oxygen atoms in total. The van der Waals surface area contributed by atoms with E-state index in [4.69, 9.17) is 9.84 Å². The van der Waals surface area contributed by atoms with E-state index < -0.39 is 0 Å². The summed E-state index contributed by atoms with van der Waals surface area (Å²) in [5.41, 5.74) is 0. The van der Waals surface area contributed by atoms with E-state index in [1.807, 2.05) is 0 Å². The van der Waals surface area contributed by atoms with Crippen LogP contribution < -0.4 is 0 Å². The molecule has 0 saturated heterocycles. The fraction of sp³-hybridized carbons (Fsp3) is 0.900. The maximum atomic E-state index is 11.4. The number of ketones is 1. The molecule has 0 aromatic rings. The van der Waals surface area contributed by atoms with Gasteiger partial charge in [0.15, 0.2) is 0 Å². The zero-order valence-electron chi connectivity index (χ0n) is 8.00. The average Bonchev–Trinajstić information content (AvgIpc) is 2.15. The van der Waals surface area contributed by atoms with Crippen molar-refractivity contribution in [3.63, 3.8) is 0 Å². The van der Waals surface area contributed by atoms with Crippen LogP contribution in [0.4, 0.5) is 0 Å². The standard InChI is InChI=1S/C10H18O3/c11-6-8-13-7-5-9-3-1-2-4-10(9)12/h9,11H,1-8H2. The molecule has 0 spiro atoms. The van der Waals surface area contributed by atoms with Crippen LogP contribution in [0.3, 0.4) is 0 Å². The minimum atomic E-state index is 0.0681. The van der Waals surface area contributed by atoms with Crippen LogP contribution in [0, 0.1) is 5.92 Å². The second kappa shape index (κ2) is 6.11. The lowest BCUT2D eigenvalue weighted by Crippen LogP contribution is -2.20. The first-order valence-electron chi connectivity index (χ1n) is 5.06. The summed E-state index contributed by atoms with van der Waals surface area (Å²) in [5.74, 6) is 0.631. The first-order chi connectivity index (χ1) is 6.34. The Morgan fingerprint density at radius 1 is 1.38 bits per heavy atom. The highest BCUT2D eigenvalue weighted by Gasteiger charge is 2.21. The number of hydrogen-bond donors (Lipinski definition) is 1. The smallest absolute Gasteiger partial charge is 0.136 e. The number of carbonyl (C=O) groups excluding carboxylic acids is 1. The fourth-order valence-corrected chi connectivity index (χ4v) is 1.75. The van der Waals surface area contributed by atoms with Gasteiger partial charge in [0.1, 0.15) is 5.78 Å². The summed E-state index contributed by atoms with van der Waals surface area (Å²) in [7, 11) is 0. The Labute approximate surface area is 79.1 Å². The van der Waals surface area contributed by atoms with Gasteiger partial charge >= 0.3 is 0 Å². The van der Waals surface area contributed by atoms with E-state index >= 15 is 0 Å². The molecule has 1 unspecified atom stereocenters. The molecule has 1 atom stereocenters. The topological polar surface area (TPSA) is 46.5 Å². The lowest BCUT2D eigenvalue weighted by atomic mass is 9.86. The van der Waals surface area contributed by atoms with Gasteiger partial charge in [-0.3, -0.25) is 4.79 Å². The number of rotatable bonds is 5. The third-order valence-corrected chi connectivity index (χ3v) is 2.53. The van der Waals surface area contributed by atoms with Crippen LogP contribution in [0.25, 0.3) is 0 Å². The molecule has 1 N–H and O–H groups in total. The third-order valence-electron chi connectivity index (χ3n) is 2.53. The number of aliphatic hydroxyl groups excluding tert-OH is 1. The van der Waals surface area contributed by atoms with E-state index in [1.54, 1.807) is 0 Å². The molecule has 1 fully saturated rings. The Kier molecular flexibility index (Phi) is 5.01. The quantitative estimate of drug-likeness (QED) is 0.655. The van der Waals surface area contributed by atoms with Crippen LogP contribution >= 0.6 is 0 Å². The van der Waals surface area contributed by atoms with Crippen LogP contribution in [0.1, 0.15) is 32.1 Å². The molecule has 1 aliphatic rings. The van der Waals surface area contributed by atoms with Crippen LogP contribution in [0.15, 0.2) is 0 Å². The van der Waals surface area contributed by atoms with Crippen molar-refractivity contribution >= 4 is 5.78 Å². The summed E-state index contributed by atoms with van der Waals surface area (Å²) >= 11 is 0. The summed E-state index contributed by atoms with van der Waals surface area (Å²) in [5, 5.41) is 8.46. The summed E-state index contributed by atoms with van der Waals surface area (Å²) in [6.45, 7) is 1.07. The van der Waals surface area contributed by atoms with Gasteiger partial charge < -0.3 is 9.84 Å². The average molecular weight is 186 g/mol. The van der Waals surface area contributed by atoms with Crippen molar-refractivity contribution in [2.24, 2.45) is 5.92 Å². The van der Waals surface area contributed by atoms with Gasteiger partial charge in [-0.1, -0.05) is 6.42 Å². The molecular weight excluding hydrogens is 168 g/mol. The molecule has 0 amide bonds. The van der Waals surface area contributed by atoms with Crippen molar-refractivity contribution in [3.05, 3.63) is 0 Å². The molecule has 1 aliphatic carbocycles. The van der Waals surface area contributed by atoms with E-state index in [0.29, 0.717) is 19.0 Å². The van der Waals surface area contributed by atoms with Gasteiger partial charge in [0.2, 0.25) is 0 Å². The molecule has 3 heteroatoms. The SMILES string of the molecule is O=C1CCCCC1CCOCCO. The van der Waals surface area contributed by atoms with Crippen LogP contribution in [0.5, 0.6) is 0 Å². The highest BCUT2D eigenvalue weighted by atomic mass is 16.5. The van der Waals surface area contributed by atoms with Crippen molar-refractivity contribution in [1.82, 2.24) is 0 Å². The molecule has 0 aliphatic heterocycles. The minimum Gasteiger partial charge on any atom is -0.394 e. The molecule has 0 radical (unpaired) electrons. The van der Waals surface area contributed by atoms with Crippen LogP contribution in [0.2, 0.25) is 0 Å². The highest BCUT2D eigenvalue weighted by molar-refractivity contribution is 5.81. The Bertz CT molecular complexity index is 156. The largest absolute Gasteiger partial charge is 0.394 e. The molecule has 76 valence electrons. The Morgan fingerprint density at radius 3 is 2.92 bits per heavy atom. The van der Waals surface area contributed by atoms with Gasteiger partial charge in [0, 0.05) is 18.9 Å². The predicted octanol–water partition coefficient (Wildman–Crippen LogP) is 1.14. The zero-order valence-corrected chi connectivity index (χ0v) is 8.00. The Morgan fingerprint density at radius 2 is 2.23 bits per heavy atom. The van der Waals surface area contributed by atoms with E-state index in [2.05, 4.69) is 0 Å². The lowest BCUT2D eigenvalue weighted by Gasteiger charge is -2.19. The molecule has 13 heavy (non-hydrogen) atoms. The van der Waals surface area contributed by atoms with E-state index in [1.165, 1.54) is 6.42 Å². The second-order valence-corrected chi connectivity index (χ2v) is 3.53. The molecule has 0 aromatic heterocycles. The number of hydrogen-bond acceptors (Lipinski definition) is 3. The molecule has 1 rings (SSSR count). The maximum absolute atomic E-state index is 11.4. The zero-order chi connectivity index (χ0) is 9.52. The highest BCUT2D eigenvalue weighted by Crippen LogP contribution is 2.23. The first-order valence-corrected chi connectivity index (χ1v) is 5.06. The third kappa shape index (κ3) is 3.87. The summed E-state index contributed by atoms with van der Waals surface area (Å²) < 4.78 is 5.13. The van der Waals surface area contributed by atoms with Crippen molar-refractivity contribution in [2.45, 2.75) is 32.1 Å². The van der Waals surface area contributed by atoms with Crippen molar-refractivity contribution in [3.8, 4) is 0 Å². The van der Waals surface area contributed by atoms with Gasteiger partial charge in [-0.05, 0) is 19.3 Å². The Balaban J connectivity index is 2.08. The van der Waals surface area contributed by atoms with Crippen LogP contribution in [-0.2, 0) is 9.53 Å². The fourth-order valence-electron chi connectivity index (χ4n) is 1.75. The first kappa shape index (κ1) is 10.7. The van der Waals surface area contributed by atoms with Crippen molar-refractivity contribution < 1.29 is 14.6 Å². The summed E-state index contributed by atoms with van der Waals surface area (Å²) in [4.78, 5) is 11.4. The van der Waals surface area contributed by atoms with Crippen LogP contribution in [-0.4, -0.2) is 30.7 Å². The van der Waals surface area contributed by atoms with Gasteiger partial charge in [0.25, 0.3) is 0 Å². The molecule has 0 bridgehead atoms. The van der Waals surface area contributed by atoms with Crippen molar-refractivity contribution in [2.75, 3.05) is 19.8 Å². The molecular formula is C10H18O3. The predicted molar refractivity (Wildman–Crippen MR) is 49.5 cm³/mol. The Hall–Kier alpha value is -0.410. The molecule has 0 heterocycles. The van der Waals surface area contributed by atoms with Gasteiger partial charge in [-0.2, -0.15) is 0 Å². The number of ether oxygens (including phenoxy) is 1. The minimum absolute atomic E-state index is 0.0681. The summed E-state index contributed by atoms with van der Waals surface area (Å²) in [6, 6.07) is 0. The molecule has 1 saturated carbocycles. The van der Waals surface area contributed by atoms with E-state index in [-0.39, 0.29) is 12.5 Å². The maximum Gasteiger partial charge on any atom is 0.136 e. The monoisotopic (exact) mass is 186 g/mol.